The molecule has 4 nitrogen and oxygen atoms in total. The molecule has 3 rings (SSSR count). The molecule has 2 amide bonds. The van der Waals surface area contributed by atoms with Crippen molar-refractivity contribution in [1.29, 1.82) is 0 Å². The van der Waals surface area contributed by atoms with Crippen LogP contribution in [0.1, 0.15) is 30.6 Å². The van der Waals surface area contributed by atoms with Crippen LogP contribution in [0.4, 0.5) is 0 Å². The average Bonchev–Trinajstić information content (AvgIpc) is 2.84. The summed E-state index contributed by atoms with van der Waals surface area (Å²) < 4.78 is 5.36. The van der Waals surface area contributed by atoms with E-state index in [9.17, 15) is 9.59 Å². The summed E-state index contributed by atoms with van der Waals surface area (Å²) in [5.74, 6) is 0.484. The molecule has 1 N–H and O–H groups in total. The van der Waals surface area contributed by atoms with Crippen LogP contribution < -0.4 is 5.32 Å². The zero-order chi connectivity index (χ0) is 11.1. The van der Waals surface area contributed by atoms with E-state index in [1.54, 1.807) is 6.26 Å². The van der Waals surface area contributed by atoms with Crippen LogP contribution >= 0.6 is 0 Å². The number of carbonyl (C=O) groups excluding carboxylic acids is 2. The quantitative estimate of drug-likeness (QED) is 0.528. The van der Waals surface area contributed by atoms with Gasteiger partial charge in [0.15, 0.2) is 0 Å². The van der Waals surface area contributed by atoms with E-state index >= 15 is 0 Å². The zero-order valence-electron chi connectivity index (χ0n) is 8.71. The minimum absolute atomic E-state index is 0.205. The molecule has 0 atom stereocenters. The lowest BCUT2D eigenvalue weighted by molar-refractivity contribution is -0.124. The summed E-state index contributed by atoms with van der Waals surface area (Å²) in [6, 6.07) is 1.88. The fourth-order valence-corrected chi connectivity index (χ4v) is 2.41. The summed E-state index contributed by atoms with van der Waals surface area (Å²) in [6.45, 7) is 0. The largest absolute Gasteiger partial charge is 0.469 e. The Morgan fingerprint density at radius 3 is 2.81 bits per heavy atom. The summed E-state index contributed by atoms with van der Waals surface area (Å²) in [4.78, 5) is 22.8. The highest BCUT2D eigenvalue weighted by Crippen LogP contribution is 2.35. The molecule has 0 saturated carbocycles. The van der Waals surface area contributed by atoms with Crippen LogP contribution in [0, 0.1) is 0 Å². The van der Waals surface area contributed by atoms with E-state index in [4.69, 9.17) is 4.42 Å². The van der Waals surface area contributed by atoms with Crippen LogP contribution in [0.3, 0.4) is 0 Å². The third-order valence-corrected chi connectivity index (χ3v) is 3.13. The molecule has 0 unspecified atom stereocenters. The smallest absolute Gasteiger partial charge is 0.254 e. The number of aryl methyl sites for hydroxylation is 1. The summed E-state index contributed by atoms with van der Waals surface area (Å²) in [7, 11) is 0. The van der Waals surface area contributed by atoms with Crippen molar-refractivity contribution in [1.82, 2.24) is 5.32 Å². The molecule has 2 heterocycles. The Kier molecular flexibility index (Phi) is 1.96. The summed E-state index contributed by atoms with van der Waals surface area (Å²) in [5, 5.41) is 2.32. The second kappa shape index (κ2) is 3.33. The Morgan fingerprint density at radius 2 is 2.06 bits per heavy atom. The number of furan rings is 1. The molecule has 1 aliphatic carbocycles. The SMILES string of the molecule is O=C1C/C(=C2/CCCc3occc32)C(=O)N1. The van der Waals surface area contributed by atoms with Gasteiger partial charge in [-0.15, -0.1) is 0 Å². The molecule has 1 aromatic rings. The number of fused-ring (bicyclic) bond motifs is 1. The van der Waals surface area contributed by atoms with Gasteiger partial charge in [0.25, 0.3) is 5.91 Å². The minimum atomic E-state index is -0.242. The summed E-state index contributed by atoms with van der Waals surface area (Å²) in [6.07, 6.45) is 4.59. The van der Waals surface area contributed by atoms with E-state index in [1.165, 1.54) is 0 Å². The third-order valence-electron chi connectivity index (χ3n) is 3.13. The van der Waals surface area contributed by atoms with Gasteiger partial charge < -0.3 is 4.42 Å². The van der Waals surface area contributed by atoms with E-state index in [0.29, 0.717) is 5.57 Å². The standard InChI is InChI=1S/C12H11NO3/c14-11-6-9(12(15)13-11)7-2-1-3-10-8(7)4-5-16-10/h4-5H,1-3,6H2,(H,13,14,15)/b9-7+. The minimum Gasteiger partial charge on any atom is -0.469 e. The summed E-state index contributed by atoms with van der Waals surface area (Å²) >= 11 is 0. The van der Waals surface area contributed by atoms with E-state index in [0.717, 1.165) is 36.2 Å². The van der Waals surface area contributed by atoms with Crippen molar-refractivity contribution in [3.05, 3.63) is 29.2 Å². The van der Waals surface area contributed by atoms with Crippen molar-refractivity contribution in [2.75, 3.05) is 0 Å². The number of imide groups is 1. The van der Waals surface area contributed by atoms with E-state index in [2.05, 4.69) is 5.32 Å². The van der Waals surface area contributed by atoms with Gasteiger partial charge in [-0.3, -0.25) is 14.9 Å². The fourth-order valence-electron chi connectivity index (χ4n) is 2.41. The number of hydrogen-bond acceptors (Lipinski definition) is 3. The van der Waals surface area contributed by atoms with Gasteiger partial charge in [-0.05, 0) is 24.5 Å². The molecule has 1 saturated heterocycles. The van der Waals surface area contributed by atoms with Crippen LogP contribution in [0.15, 0.2) is 22.3 Å². The molecule has 2 aliphatic rings. The molecule has 1 fully saturated rings. The van der Waals surface area contributed by atoms with Crippen molar-refractivity contribution in [2.45, 2.75) is 25.7 Å². The molecule has 1 aromatic heterocycles. The van der Waals surface area contributed by atoms with Gasteiger partial charge >= 0.3 is 0 Å². The Bertz CT molecular complexity index is 510. The lowest BCUT2D eigenvalue weighted by Crippen LogP contribution is -2.20. The highest BCUT2D eigenvalue weighted by Gasteiger charge is 2.30. The maximum absolute atomic E-state index is 11.6. The van der Waals surface area contributed by atoms with Gasteiger partial charge in [0, 0.05) is 17.6 Å². The molecule has 16 heavy (non-hydrogen) atoms. The number of rotatable bonds is 0. The first-order valence-corrected chi connectivity index (χ1v) is 5.38. The molecule has 1 aliphatic heterocycles. The van der Waals surface area contributed by atoms with Gasteiger partial charge in [-0.1, -0.05) is 0 Å². The van der Waals surface area contributed by atoms with Crippen molar-refractivity contribution in [2.24, 2.45) is 0 Å². The van der Waals surface area contributed by atoms with Gasteiger partial charge in [0.1, 0.15) is 5.76 Å². The summed E-state index contributed by atoms with van der Waals surface area (Å²) in [5.41, 5.74) is 2.61. The molecule has 0 spiro atoms. The lowest BCUT2D eigenvalue weighted by atomic mass is 9.88. The molecule has 0 bridgehead atoms. The predicted molar refractivity (Wildman–Crippen MR) is 56.3 cm³/mol. The van der Waals surface area contributed by atoms with Crippen molar-refractivity contribution in [3.63, 3.8) is 0 Å². The first-order valence-electron chi connectivity index (χ1n) is 5.38. The number of allylic oxidation sites excluding steroid dienone is 1. The van der Waals surface area contributed by atoms with Gasteiger partial charge in [0.2, 0.25) is 5.91 Å². The topological polar surface area (TPSA) is 59.3 Å². The van der Waals surface area contributed by atoms with Crippen LogP contribution in [-0.4, -0.2) is 11.8 Å². The fraction of sp³-hybridized carbons (Fsp3) is 0.333. The first-order chi connectivity index (χ1) is 7.75. The van der Waals surface area contributed by atoms with Gasteiger partial charge in [0.05, 0.1) is 12.7 Å². The first kappa shape index (κ1) is 9.39. The molecule has 0 radical (unpaired) electrons. The van der Waals surface area contributed by atoms with E-state index in [1.807, 2.05) is 6.07 Å². The van der Waals surface area contributed by atoms with Gasteiger partial charge in [-0.2, -0.15) is 0 Å². The van der Waals surface area contributed by atoms with Crippen molar-refractivity contribution < 1.29 is 14.0 Å². The Labute approximate surface area is 92.3 Å². The maximum atomic E-state index is 11.6. The second-order valence-electron chi connectivity index (χ2n) is 4.12. The third kappa shape index (κ3) is 1.30. The van der Waals surface area contributed by atoms with Crippen molar-refractivity contribution in [3.8, 4) is 0 Å². The zero-order valence-corrected chi connectivity index (χ0v) is 8.71. The van der Waals surface area contributed by atoms with Crippen molar-refractivity contribution >= 4 is 17.4 Å². The average molecular weight is 217 g/mol. The highest BCUT2D eigenvalue weighted by molar-refractivity contribution is 6.17. The maximum Gasteiger partial charge on any atom is 0.254 e. The Hall–Kier alpha value is -1.84. The van der Waals surface area contributed by atoms with E-state index < -0.39 is 0 Å². The normalized spacial score (nSPS) is 24.5. The van der Waals surface area contributed by atoms with Gasteiger partial charge in [-0.25, -0.2) is 0 Å². The molecular formula is C12H11NO3. The van der Waals surface area contributed by atoms with E-state index in [-0.39, 0.29) is 18.2 Å². The Balaban J connectivity index is 2.12. The molecular weight excluding hydrogens is 206 g/mol. The number of nitrogens with one attached hydrogen (secondary N) is 1. The molecule has 82 valence electrons. The number of hydrogen-bond donors (Lipinski definition) is 1. The second-order valence-corrected chi connectivity index (χ2v) is 4.12. The van der Waals surface area contributed by atoms with Crippen LogP contribution in [0.2, 0.25) is 0 Å². The highest BCUT2D eigenvalue weighted by atomic mass is 16.3. The lowest BCUT2D eigenvalue weighted by Gasteiger charge is -2.15. The van der Waals surface area contributed by atoms with Crippen LogP contribution in [0.5, 0.6) is 0 Å². The number of amides is 2. The predicted octanol–water partition coefficient (Wildman–Crippen LogP) is 1.42. The molecule has 0 aromatic carbocycles. The Morgan fingerprint density at radius 1 is 1.19 bits per heavy atom. The van der Waals surface area contributed by atoms with Crippen LogP contribution in [0.25, 0.3) is 5.57 Å². The molecule has 4 heteroatoms. The van der Waals surface area contributed by atoms with Crippen LogP contribution in [-0.2, 0) is 16.0 Å². The number of carbonyl (C=O) groups is 2. The monoisotopic (exact) mass is 217 g/mol.